The van der Waals surface area contributed by atoms with Gasteiger partial charge in [-0.3, -0.25) is 4.79 Å². The molecule has 0 aliphatic heterocycles. The number of hydrazone groups is 1. The molecule has 1 heterocycles. The first-order chi connectivity index (χ1) is 13.2. The van der Waals surface area contributed by atoms with Crippen molar-refractivity contribution in [1.82, 2.24) is 5.43 Å². The number of benzene rings is 2. The van der Waals surface area contributed by atoms with Crippen LogP contribution in [0.1, 0.15) is 29.5 Å². The van der Waals surface area contributed by atoms with Gasteiger partial charge in [0.15, 0.2) is 0 Å². The van der Waals surface area contributed by atoms with Gasteiger partial charge < -0.3 is 9.15 Å². The lowest BCUT2D eigenvalue weighted by Crippen LogP contribution is -2.17. The van der Waals surface area contributed by atoms with Gasteiger partial charge in [-0.2, -0.15) is 5.10 Å². The second kappa shape index (κ2) is 9.19. The van der Waals surface area contributed by atoms with Crippen LogP contribution in [0.5, 0.6) is 5.75 Å². The summed E-state index contributed by atoms with van der Waals surface area (Å²) in [5.41, 5.74) is 3.96. The van der Waals surface area contributed by atoms with Gasteiger partial charge in [-0.25, -0.2) is 5.43 Å². The summed E-state index contributed by atoms with van der Waals surface area (Å²) < 4.78 is 12.2. The number of halogens is 1. The standard InChI is InChI=1S/C21H19BrN2O3/c1-2-13-26-18-9-5-16(6-10-18)21(25)24-23-14-19-11-12-20(27-19)15-3-7-17(22)8-4-15/h3-12,14H,2,13H2,1H3,(H,24,25)/b23-14-. The molecule has 3 aromatic rings. The summed E-state index contributed by atoms with van der Waals surface area (Å²) in [6.07, 6.45) is 2.41. The molecule has 0 radical (unpaired) electrons. The molecular weight excluding hydrogens is 408 g/mol. The minimum atomic E-state index is -0.298. The van der Waals surface area contributed by atoms with Crippen molar-refractivity contribution in [2.45, 2.75) is 13.3 Å². The lowest BCUT2D eigenvalue weighted by molar-refractivity contribution is 0.0955. The van der Waals surface area contributed by atoms with E-state index >= 15 is 0 Å². The molecule has 2 aromatic carbocycles. The number of nitrogens with zero attached hydrogens (tertiary/aromatic N) is 1. The van der Waals surface area contributed by atoms with Crippen LogP contribution in [0.25, 0.3) is 11.3 Å². The normalized spacial score (nSPS) is 10.9. The van der Waals surface area contributed by atoms with Gasteiger partial charge in [0, 0.05) is 15.6 Å². The van der Waals surface area contributed by atoms with E-state index in [2.05, 4.69) is 26.5 Å². The first-order valence-electron chi connectivity index (χ1n) is 8.58. The third kappa shape index (κ3) is 5.31. The van der Waals surface area contributed by atoms with Gasteiger partial charge in [0.25, 0.3) is 5.91 Å². The Morgan fingerprint density at radius 3 is 2.56 bits per heavy atom. The maximum Gasteiger partial charge on any atom is 0.271 e. The molecule has 0 fully saturated rings. The van der Waals surface area contributed by atoms with Crippen LogP contribution in [0, 0.1) is 0 Å². The number of furan rings is 1. The molecule has 1 amide bonds. The molecule has 3 rings (SSSR count). The number of ether oxygens (including phenoxy) is 1. The van der Waals surface area contributed by atoms with E-state index in [1.54, 1.807) is 30.3 Å². The van der Waals surface area contributed by atoms with E-state index in [1.165, 1.54) is 6.21 Å². The fourth-order valence-electron chi connectivity index (χ4n) is 2.33. The smallest absolute Gasteiger partial charge is 0.271 e. The summed E-state index contributed by atoms with van der Waals surface area (Å²) in [5.74, 6) is 1.73. The Morgan fingerprint density at radius 2 is 1.85 bits per heavy atom. The fraction of sp³-hybridized carbons (Fsp3) is 0.143. The van der Waals surface area contributed by atoms with Crippen molar-refractivity contribution < 1.29 is 13.9 Å². The van der Waals surface area contributed by atoms with E-state index in [1.807, 2.05) is 37.3 Å². The fourth-order valence-corrected chi connectivity index (χ4v) is 2.60. The van der Waals surface area contributed by atoms with Gasteiger partial charge in [-0.15, -0.1) is 0 Å². The average molecular weight is 427 g/mol. The van der Waals surface area contributed by atoms with Gasteiger partial charge in [0.05, 0.1) is 12.8 Å². The van der Waals surface area contributed by atoms with Gasteiger partial charge in [0.1, 0.15) is 17.3 Å². The summed E-state index contributed by atoms with van der Waals surface area (Å²) in [7, 11) is 0. The SMILES string of the molecule is CCCOc1ccc(C(=O)N/N=C\c2ccc(-c3ccc(Br)cc3)o2)cc1. The predicted octanol–water partition coefficient (Wildman–Crippen LogP) is 5.26. The Balaban J connectivity index is 1.57. The van der Waals surface area contributed by atoms with Gasteiger partial charge in [0.2, 0.25) is 0 Å². The summed E-state index contributed by atoms with van der Waals surface area (Å²) in [6.45, 7) is 2.70. The quantitative estimate of drug-likeness (QED) is 0.413. The molecule has 0 saturated carbocycles. The van der Waals surface area contributed by atoms with Gasteiger partial charge in [-0.05, 0) is 55.0 Å². The average Bonchev–Trinajstić information content (AvgIpc) is 3.16. The molecule has 0 aliphatic carbocycles. The van der Waals surface area contributed by atoms with Crippen LogP contribution in [0.4, 0.5) is 0 Å². The minimum absolute atomic E-state index is 0.298. The molecule has 27 heavy (non-hydrogen) atoms. The highest BCUT2D eigenvalue weighted by molar-refractivity contribution is 9.10. The molecule has 1 N–H and O–H groups in total. The molecule has 0 unspecified atom stereocenters. The van der Waals surface area contributed by atoms with Crippen molar-refractivity contribution in [3.8, 4) is 17.1 Å². The highest BCUT2D eigenvalue weighted by Gasteiger charge is 2.06. The van der Waals surface area contributed by atoms with Crippen molar-refractivity contribution in [2.24, 2.45) is 5.10 Å². The zero-order chi connectivity index (χ0) is 19.1. The molecule has 138 valence electrons. The molecule has 0 spiro atoms. The maximum atomic E-state index is 12.1. The number of hydrogen-bond acceptors (Lipinski definition) is 4. The number of nitrogens with one attached hydrogen (secondary N) is 1. The Kier molecular flexibility index (Phi) is 6.44. The third-order valence-electron chi connectivity index (χ3n) is 3.70. The van der Waals surface area contributed by atoms with Gasteiger partial charge >= 0.3 is 0 Å². The van der Waals surface area contributed by atoms with E-state index in [0.29, 0.717) is 17.9 Å². The van der Waals surface area contributed by atoms with Crippen molar-refractivity contribution >= 4 is 28.1 Å². The molecule has 1 aromatic heterocycles. The van der Waals surface area contributed by atoms with Crippen LogP contribution in [0.3, 0.4) is 0 Å². The summed E-state index contributed by atoms with van der Waals surface area (Å²) in [4.78, 5) is 12.1. The number of amides is 1. The van der Waals surface area contributed by atoms with Crippen LogP contribution in [-0.2, 0) is 0 Å². The number of carbonyl (C=O) groups is 1. The van der Waals surface area contributed by atoms with E-state index < -0.39 is 0 Å². The van der Waals surface area contributed by atoms with Crippen LogP contribution in [-0.4, -0.2) is 18.7 Å². The Labute approximate surface area is 166 Å². The molecule has 5 nitrogen and oxygen atoms in total. The lowest BCUT2D eigenvalue weighted by Gasteiger charge is -2.05. The van der Waals surface area contributed by atoms with Crippen LogP contribution in [0.15, 0.2) is 74.7 Å². The Bertz CT molecular complexity index is 915. The van der Waals surface area contributed by atoms with Crippen molar-refractivity contribution in [2.75, 3.05) is 6.61 Å². The highest BCUT2D eigenvalue weighted by Crippen LogP contribution is 2.23. The van der Waals surface area contributed by atoms with E-state index in [-0.39, 0.29) is 5.91 Å². The largest absolute Gasteiger partial charge is 0.494 e. The van der Waals surface area contributed by atoms with Crippen molar-refractivity contribution in [3.05, 3.63) is 76.5 Å². The maximum absolute atomic E-state index is 12.1. The zero-order valence-corrected chi connectivity index (χ0v) is 16.4. The van der Waals surface area contributed by atoms with Crippen LogP contribution in [0.2, 0.25) is 0 Å². The lowest BCUT2D eigenvalue weighted by atomic mass is 10.2. The summed E-state index contributed by atoms with van der Waals surface area (Å²) in [6, 6.07) is 18.4. The molecule has 0 bridgehead atoms. The molecule has 0 saturated heterocycles. The van der Waals surface area contributed by atoms with Crippen LogP contribution < -0.4 is 10.2 Å². The van der Waals surface area contributed by atoms with Crippen molar-refractivity contribution in [1.29, 1.82) is 0 Å². The second-order valence-electron chi connectivity index (χ2n) is 5.78. The molecule has 6 heteroatoms. The topological polar surface area (TPSA) is 63.8 Å². The first-order valence-corrected chi connectivity index (χ1v) is 9.37. The van der Waals surface area contributed by atoms with E-state index in [0.717, 1.165) is 28.0 Å². The summed E-state index contributed by atoms with van der Waals surface area (Å²) in [5, 5.41) is 3.95. The molecule has 0 atom stereocenters. The van der Waals surface area contributed by atoms with Gasteiger partial charge in [-0.1, -0.05) is 35.0 Å². The summed E-state index contributed by atoms with van der Waals surface area (Å²) >= 11 is 3.41. The second-order valence-corrected chi connectivity index (χ2v) is 6.70. The first kappa shape index (κ1) is 18.9. The van der Waals surface area contributed by atoms with E-state index in [4.69, 9.17) is 9.15 Å². The number of carbonyl (C=O) groups excluding carboxylic acids is 1. The third-order valence-corrected chi connectivity index (χ3v) is 4.23. The molecule has 0 aliphatic rings. The van der Waals surface area contributed by atoms with E-state index in [9.17, 15) is 4.79 Å². The predicted molar refractivity (Wildman–Crippen MR) is 109 cm³/mol. The Morgan fingerprint density at radius 1 is 1.11 bits per heavy atom. The molecular formula is C21H19BrN2O3. The number of rotatable bonds is 7. The monoisotopic (exact) mass is 426 g/mol. The number of hydrogen-bond donors (Lipinski definition) is 1. The van der Waals surface area contributed by atoms with Crippen molar-refractivity contribution in [3.63, 3.8) is 0 Å². The van der Waals surface area contributed by atoms with Crippen LogP contribution >= 0.6 is 15.9 Å². The minimum Gasteiger partial charge on any atom is -0.494 e. The zero-order valence-electron chi connectivity index (χ0n) is 14.8. The highest BCUT2D eigenvalue weighted by atomic mass is 79.9. The Hall–Kier alpha value is -2.86.